The maximum absolute atomic E-state index is 3.81. The van der Waals surface area contributed by atoms with E-state index in [4.69, 9.17) is 0 Å². The molecular formula is C14H27N. The van der Waals surface area contributed by atoms with Crippen LogP contribution < -0.4 is 5.32 Å². The molecule has 0 bridgehead atoms. The normalized spacial score (nSPS) is 41.2. The van der Waals surface area contributed by atoms with Crippen molar-refractivity contribution in [2.24, 2.45) is 17.8 Å². The lowest BCUT2D eigenvalue weighted by atomic mass is 10.0. The number of hydrogen-bond acceptors (Lipinski definition) is 1. The first-order valence-corrected chi connectivity index (χ1v) is 7.01. The number of nitrogens with one attached hydrogen (secondary N) is 1. The second-order valence-corrected chi connectivity index (χ2v) is 5.98. The van der Waals surface area contributed by atoms with Gasteiger partial charge in [-0.25, -0.2) is 0 Å². The minimum absolute atomic E-state index is 0.853. The quantitative estimate of drug-likeness (QED) is 0.746. The third-order valence-electron chi connectivity index (χ3n) is 4.62. The van der Waals surface area contributed by atoms with Gasteiger partial charge in [-0.05, 0) is 56.4 Å². The van der Waals surface area contributed by atoms with Crippen LogP contribution in [0.5, 0.6) is 0 Å². The van der Waals surface area contributed by atoms with Crippen molar-refractivity contribution in [3.63, 3.8) is 0 Å². The Hall–Kier alpha value is -0.0400. The summed E-state index contributed by atoms with van der Waals surface area (Å²) in [5, 5.41) is 3.81. The molecule has 88 valence electrons. The zero-order valence-corrected chi connectivity index (χ0v) is 10.5. The summed E-state index contributed by atoms with van der Waals surface area (Å²) < 4.78 is 0. The highest BCUT2D eigenvalue weighted by molar-refractivity contribution is 4.82. The van der Waals surface area contributed by atoms with Gasteiger partial charge >= 0.3 is 0 Å². The molecule has 2 aliphatic carbocycles. The Labute approximate surface area is 95.0 Å². The Kier molecular flexibility index (Phi) is 4.07. The van der Waals surface area contributed by atoms with Gasteiger partial charge in [0.2, 0.25) is 0 Å². The summed E-state index contributed by atoms with van der Waals surface area (Å²) in [6, 6.07) is 0.853. The Morgan fingerprint density at radius 1 is 1.00 bits per heavy atom. The Bertz CT molecular complexity index is 190. The van der Waals surface area contributed by atoms with E-state index in [0.717, 1.165) is 23.8 Å². The molecule has 2 aliphatic rings. The second kappa shape index (κ2) is 5.34. The fourth-order valence-corrected chi connectivity index (χ4v) is 3.47. The molecule has 2 fully saturated rings. The van der Waals surface area contributed by atoms with Gasteiger partial charge in [0.1, 0.15) is 0 Å². The summed E-state index contributed by atoms with van der Waals surface area (Å²) in [5.41, 5.74) is 0. The molecule has 0 spiro atoms. The van der Waals surface area contributed by atoms with Crippen molar-refractivity contribution in [1.82, 2.24) is 5.32 Å². The largest absolute Gasteiger partial charge is 0.314 e. The molecule has 0 saturated heterocycles. The zero-order chi connectivity index (χ0) is 10.7. The van der Waals surface area contributed by atoms with Crippen molar-refractivity contribution >= 4 is 0 Å². The van der Waals surface area contributed by atoms with Crippen LogP contribution in [0.15, 0.2) is 0 Å². The van der Waals surface area contributed by atoms with Crippen LogP contribution in [-0.4, -0.2) is 12.6 Å². The van der Waals surface area contributed by atoms with Crippen LogP contribution in [0.3, 0.4) is 0 Å². The highest BCUT2D eigenvalue weighted by Gasteiger charge is 2.25. The van der Waals surface area contributed by atoms with Crippen LogP contribution in [0.4, 0.5) is 0 Å². The molecule has 0 aliphatic heterocycles. The van der Waals surface area contributed by atoms with E-state index in [-0.39, 0.29) is 0 Å². The van der Waals surface area contributed by atoms with E-state index in [1.165, 1.54) is 51.5 Å². The fraction of sp³-hybridized carbons (Fsp3) is 1.00. The standard InChI is InChI=1S/C14H27N/c1-3-12-6-7-14(9-12)15-10-13-5-4-11(2)8-13/h11-15H,3-10H2,1-2H3. The van der Waals surface area contributed by atoms with Crippen molar-refractivity contribution in [3.8, 4) is 0 Å². The molecule has 2 rings (SSSR count). The highest BCUT2D eigenvalue weighted by Crippen LogP contribution is 2.31. The van der Waals surface area contributed by atoms with Gasteiger partial charge in [-0.1, -0.05) is 26.7 Å². The maximum Gasteiger partial charge on any atom is 0.00699 e. The molecule has 0 aromatic heterocycles. The van der Waals surface area contributed by atoms with Gasteiger partial charge < -0.3 is 5.32 Å². The predicted octanol–water partition coefficient (Wildman–Crippen LogP) is 3.59. The topological polar surface area (TPSA) is 12.0 Å². The van der Waals surface area contributed by atoms with Crippen LogP contribution >= 0.6 is 0 Å². The lowest BCUT2D eigenvalue weighted by Gasteiger charge is -2.16. The Morgan fingerprint density at radius 2 is 1.80 bits per heavy atom. The molecule has 4 unspecified atom stereocenters. The van der Waals surface area contributed by atoms with Crippen LogP contribution in [0, 0.1) is 17.8 Å². The van der Waals surface area contributed by atoms with Gasteiger partial charge in [-0.3, -0.25) is 0 Å². The fourth-order valence-electron chi connectivity index (χ4n) is 3.47. The minimum atomic E-state index is 0.853. The SMILES string of the molecule is CCC1CCC(NCC2CCC(C)C2)C1. The first-order valence-electron chi connectivity index (χ1n) is 7.01. The lowest BCUT2D eigenvalue weighted by Crippen LogP contribution is -2.30. The summed E-state index contributed by atoms with van der Waals surface area (Å²) in [4.78, 5) is 0. The Balaban J connectivity index is 1.62. The van der Waals surface area contributed by atoms with E-state index < -0.39 is 0 Å². The molecule has 0 heterocycles. The van der Waals surface area contributed by atoms with Crippen molar-refractivity contribution in [2.45, 2.75) is 64.8 Å². The minimum Gasteiger partial charge on any atom is -0.314 e. The summed E-state index contributed by atoms with van der Waals surface area (Å²) >= 11 is 0. The first-order chi connectivity index (χ1) is 7.28. The third-order valence-corrected chi connectivity index (χ3v) is 4.62. The maximum atomic E-state index is 3.81. The Morgan fingerprint density at radius 3 is 2.40 bits per heavy atom. The number of rotatable bonds is 4. The average molecular weight is 209 g/mol. The van der Waals surface area contributed by atoms with Crippen molar-refractivity contribution < 1.29 is 0 Å². The monoisotopic (exact) mass is 209 g/mol. The molecule has 1 N–H and O–H groups in total. The molecule has 1 nitrogen and oxygen atoms in total. The smallest absolute Gasteiger partial charge is 0.00699 e. The summed E-state index contributed by atoms with van der Waals surface area (Å²) in [5.74, 6) is 2.99. The molecule has 1 heteroatoms. The zero-order valence-electron chi connectivity index (χ0n) is 10.5. The van der Waals surface area contributed by atoms with Gasteiger partial charge in [0.15, 0.2) is 0 Å². The van der Waals surface area contributed by atoms with Gasteiger partial charge in [0.05, 0.1) is 0 Å². The van der Waals surface area contributed by atoms with Crippen LogP contribution in [0.1, 0.15) is 58.8 Å². The van der Waals surface area contributed by atoms with E-state index in [1.807, 2.05) is 0 Å². The second-order valence-electron chi connectivity index (χ2n) is 5.98. The molecular weight excluding hydrogens is 182 g/mol. The van der Waals surface area contributed by atoms with Crippen LogP contribution in [0.2, 0.25) is 0 Å². The van der Waals surface area contributed by atoms with Crippen LogP contribution in [0.25, 0.3) is 0 Å². The molecule has 4 atom stereocenters. The lowest BCUT2D eigenvalue weighted by molar-refractivity contribution is 0.413. The number of hydrogen-bond donors (Lipinski definition) is 1. The molecule has 0 radical (unpaired) electrons. The first kappa shape index (κ1) is 11.4. The predicted molar refractivity (Wildman–Crippen MR) is 65.9 cm³/mol. The van der Waals surface area contributed by atoms with E-state index in [0.29, 0.717) is 0 Å². The van der Waals surface area contributed by atoms with Crippen molar-refractivity contribution in [2.75, 3.05) is 6.54 Å². The van der Waals surface area contributed by atoms with Crippen molar-refractivity contribution in [1.29, 1.82) is 0 Å². The highest BCUT2D eigenvalue weighted by atomic mass is 14.9. The summed E-state index contributed by atoms with van der Waals surface area (Å²) in [7, 11) is 0. The molecule has 2 saturated carbocycles. The van der Waals surface area contributed by atoms with Gasteiger partial charge in [-0.2, -0.15) is 0 Å². The molecule has 0 aromatic rings. The van der Waals surface area contributed by atoms with Crippen LogP contribution in [-0.2, 0) is 0 Å². The summed E-state index contributed by atoms with van der Waals surface area (Å²) in [6.07, 6.45) is 10.1. The van der Waals surface area contributed by atoms with Crippen molar-refractivity contribution in [3.05, 3.63) is 0 Å². The molecule has 0 aromatic carbocycles. The molecule has 0 amide bonds. The van der Waals surface area contributed by atoms with E-state index in [9.17, 15) is 0 Å². The van der Waals surface area contributed by atoms with E-state index in [2.05, 4.69) is 19.2 Å². The summed E-state index contributed by atoms with van der Waals surface area (Å²) in [6.45, 7) is 6.04. The van der Waals surface area contributed by atoms with E-state index in [1.54, 1.807) is 0 Å². The van der Waals surface area contributed by atoms with Gasteiger partial charge in [0, 0.05) is 6.04 Å². The third kappa shape index (κ3) is 3.21. The van der Waals surface area contributed by atoms with Gasteiger partial charge in [-0.15, -0.1) is 0 Å². The van der Waals surface area contributed by atoms with Gasteiger partial charge in [0.25, 0.3) is 0 Å². The average Bonchev–Trinajstić information content (AvgIpc) is 2.83. The van der Waals surface area contributed by atoms with E-state index >= 15 is 0 Å². The molecule has 15 heavy (non-hydrogen) atoms.